The number of halogens is 3. The van der Waals surface area contributed by atoms with E-state index in [0.717, 1.165) is 30.6 Å². The Labute approximate surface area is 282 Å². The number of hydrogen-bond donors (Lipinski definition) is 1. The summed E-state index contributed by atoms with van der Waals surface area (Å²) < 4.78 is 59.3. The van der Waals surface area contributed by atoms with E-state index in [4.69, 9.17) is 15.2 Å². The van der Waals surface area contributed by atoms with Crippen molar-refractivity contribution in [3.8, 4) is 11.6 Å². The van der Waals surface area contributed by atoms with E-state index in [1.54, 1.807) is 31.8 Å². The first kappa shape index (κ1) is 31.7. The molecule has 0 amide bonds. The number of pyridine rings is 3. The van der Waals surface area contributed by atoms with Gasteiger partial charge in [0.15, 0.2) is 23.2 Å². The molecule has 0 bridgehead atoms. The molecule has 13 heteroatoms. The third-order valence-corrected chi connectivity index (χ3v) is 10.9. The van der Waals surface area contributed by atoms with Crippen molar-refractivity contribution in [3.05, 3.63) is 76.6 Å². The molecule has 3 aliphatic heterocycles. The van der Waals surface area contributed by atoms with Gasteiger partial charge in [0.05, 0.1) is 35.9 Å². The summed E-state index contributed by atoms with van der Waals surface area (Å²) in [7, 11) is 1.58. The molecule has 0 radical (unpaired) electrons. The molecule has 8 rings (SSSR count). The van der Waals surface area contributed by atoms with Crippen molar-refractivity contribution in [2.45, 2.75) is 63.4 Å². The maximum absolute atomic E-state index is 16.3. The molecule has 6 heterocycles. The molecule has 3 aromatic heterocycles. The van der Waals surface area contributed by atoms with Crippen LogP contribution in [0.1, 0.15) is 44.2 Å². The molecule has 5 atom stereocenters. The van der Waals surface area contributed by atoms with E-state index in [-0.39, 0.29) is 59.0 Å². The molecule has 0 spiro atoms. The van der Waals surface area contributed by atoms with Crippen LogP contribution in [-0.4, -0.2) is 70.9 Å². The number of alkyl halides is 2. The molecule has 2 N–H and O–H groups in total. The molecule has 10 nitrogen and oxygen atoms in total. The highest BCUT2D eigenvalue weighted by atomic mass is 19.3. The molecule has 2 saturated heterocycles. The first-order valence-corrected chi connectivity index (χ1v) is 17.0. The lowest BCUT2D eigenvalue weighted by Crippen LogP contribution is -2.56. The Morgan fingerprint density at radius 1 is 1.08 bits per heavy atom. The van der Waals surface area contributed by atoms with E-state index in [1.807, 2.05) is 34.6 Å². The minimum atomic E-state index is -2.69. The summed E-state index contributed by atoms with van der Waals surface area (Å²) in [6.07, 6.45) is 6.11. The van der Waals surface area contributed by atoms with Crippen LogP contribution in [0.3, 0.4) is 0 Å². The lowest BCUT2D eigenvalue weighted by molar-refractivity contribution is -0.0498. The predicted octanol–water partition coefficient (Wildman–Crippen LogP) is 5.45. The Balaban J connectivity index is 1.20. The first-order valence-electron chi connectivity index (χ1n) is 17.0. The smallest absolute Gasteiger partial charge is 0.248 e. The van der Waals surface area contributed by atoms with Crippen molar-refractivity contribution < 1.29 is 22.6 Å². The Kier molecular flexibility index (Phi) is 7.84. The van der Waals surface area contributed by atoms with E-state index in [9.17, 15) is 13.6 Å². The second-order valence-corrected chi connectivity index (χ2v) is 14.0. The van der Waals surface area contributed by atoms with Crippen LogP contribution in [0.2, 0.25) is 0 Å². The number of fused-ring (bicyclic) bond motifs is 1. The van der Waals surface area contributed by atoms with E-state index in [0.29, 0.717) is 43.4 Å². The molecular formula is C36H40F3N7O3. The summed E-state index contributed by atoms with van der Waals surface area (Å²) in [5.74, 6) is -2.50. The zero-order chi connectivity index (χ0) is 34.0. The average Bonchev–Trinajstić information content (AvgIpc) is 3.59. The third kappa shape index (κ3) is 5.71. The number of benzene rings is 1. The van der Waals surface area contributed by atoms with Crippen LogP contribution in [0.4, 0.5) is 30.4 Å². The van der Waals surface area contributed by atoms with E-state index < -0.39 is 18.0 Å². The van der Waals surface area contributed by atoms with Crippen LogP contribution >= 0.6 is 0 Å². The van der Waals surface area contributed by atoms with E-state index >= 15 is 4.39 Å². The molecule has 4 aliphatic rings. The number of anilines is 3. The zero-order valence-electron chi connectivity index (χ0n) is 27.6. The third-order valence-electron chi connectivity index (χ3n) is 10.9. The summed E-state index contributed by atoms with van der Waals surface area (Å²) in [6.45, 7) is 4.70. The SMILES string of the molecule is COc1cc(CN(C2Oc3c(N4CC5CC(F)(F)CC5C4)c(F)cc4c(=O)ccn(c34)C2C)[C@H]2CCCN(c3ccc(N)nc3)C2)ccn1. The second kappa shape index (κ2) is 12.1. The molecule has 4 unspecified atom stereocenters. The number of hydrogen-bond acceptors (Lipinski definition) is 9. The maximum Gasteiger partial charge on any atom is 0.248 e. The van der Waals surface area contributed by atoms with Crippen LogP contribution < -0.4 is 30.4 Å². The molecule has 3 fully saturated rings. The number of aromatic nitrogens is 3. The topological polar surface area (TPSA) is 102 Å². The van der Waals surface area contributed by atoms with Crippen molar-refractivity contribution in [2.24, 2.45) is 11.8 Å². The van der Waals surface area contributed by atoms with Gasteiger partial charge in [0.1, 0.15) is 11.5 Å². The van der Waals surface area contributed by atoms with Crippen LogP contribution in [0.5, 0.6) is 11.6 Å². The Bertz CT molecular complexity index is 1920. The van der Waals surface area contributed by atoms with Crippen molar-refractivity contribution in [1.82, 2.24) is 19.4 Å². The molecule has 49 heavy (non-hydrogen) atoms. The summed E-state index contributed by atoms with van der Waals surface area (Å²) in [4.78, 5) is 28.2. The maximum atomic E-state index is 16.3. The van der Waals surface area contributed by atoms with E-state index in [2.05, 4.69) is 19.8 Å². The van der Waals surface area contributed by atoms with Gasteiger partial charge in [-0.15, -0.1) is 0 Å². The molecule has 258 valence electrons. The summed E-state index contributed by atoms with van der Waals surface area (Å²) in [5, 5.41) is 0.236. The Hall–Kier alpha value is -4.52. The van der Waals surface area contributed by atoms with Crippen molar-refractivity contribution in [2.75, 3.05) is 48.8 Å². The number of methoxy groups -OCH3 is 1. The van der Waals surface area contributed by atoms with Gasteiger partial charge in [-0.05, 0) is 61.4 Å². The summed E-state index contributed by atoms with van der Waals surface area (Å²) in [6, 6.07) is 10.1. The second-order valence-electron chi connectivity index (χ2n) is 14.0. The Morgan fingerprint density at radius 3 is 2.61 bits per heavy atom. The number of nitrogen functional groups attached to an aromatic ring is 1. The van der Waals surface area contributed by atoms with Crippen molar-refractivity contribution in [1.29, 1.82) is 0 Å². The predicted molar refractivity (Wildman–Crippen MR) is 181 cm³/mol. The number of nitrogens with two attached hydrogens (primary N) is 1. The number of piperidine rings is 1. The molecule has 1 saturated carbocycles. The molecule has 4 aromatic rings. The van der Waals surface area contributed by atoms with Gasteiger partial charge in [-0.3, -0.25) is 9.69 Å². The van der Waals surface area contributed by atoms with Crippen LogP contribution in [0.25, 0.3) is 10.9 Å². The Morgan fingerprint density at radius 2 is 1.88 bits per heavy atom. The normalized spacial score (nSPS) is 25.9. The standard InChI is InChI=1S/C36H40F3N7O3/c1-21-35(46(17-22-7-9-41-31(12-22)48-2)26-4-3-10-43(20-26)25-5-6-30(40)42-16-25)49-34-32-27(29(47)8-11-45(21)32)13-28(37)33(34)44-18-23-14-36(38,39)15-24(23)19-44/h5-9,11-13,16,21,23-24,26,35H,3-4,10,14-15,17-20H2,1-2H3,(H2,40,42)/t21?,23?,24?,26-,35?/m0/s1. The largest absolute Gasteiger partial charge is 0.481 e. The van der Waals surface area contributed by atoms with E-state index in [1.165, 1.54) is 12.1 Å². The highest BCUT2D eigenvalue weighted by Crippen LogP contribution is 2.51. The lowest BCUT2D eigenvalue weighted by atomic mass is 10.00. The van der Waals surface area contributed by atoms with Gasteiger partial charge in [0.2, 0.25) is 11.8 Å². The van der Waals surface area contributed by atoms with Gasteiger partial charge in [0, 0.05) is 76.1 Å². The van der Waals surface area contributed by atoms with Gasteiger partial charge in [-0.2, -0.15) is 0 Å². The summed E-state index contributed by atoms with van der Waals surface area (Å²) in [5.41, 5.74) is 8.30. The van der Waals surface area contributed by atoms with Crippen molar-refractivity contribution in [3.63, 3.8) is 0 Å². The first-order chi connectivity index (χ1) is 23.6. The van der Waals surface area contributed by atoms with Gasteiger partial charge < -0.3 is 29.6 Å². The number of nitrogens with zero attached hydrogens (tertiary/aromatic N) is 6. The van der Waals surface area contributed by atoms with Gasteiger partial charge in [-0.1, -0.05) is 0 Å². The minimum Gasteiger partial charge on any atom is -0.481 e. The van der Waals surface area contributed by atoms with Crippen LogP contribution in [0.15, 0.2) is 59.8 Å². The minimum absolute atomic E-state index is 0.0136. The number of rotatable bonds is 7. The monoisotopic (exact) mass is 675 g/mol. The van der Waals surface area contributed by atoms with Gasteiger partial charge in [0.25, 0.3) is 0 Å². The lowest BCUT2D eigenvalue weighted by Gasteiger charge is -2.47. The quantitative estimate of drug-likeness (QED) is 0.274. The zero-order valence-corrected chi connectivity index (χ0v) is 27.6. The van der Waals surface area contributed by atoms with Gasteiger partial charge >= 0.3 is 0 Å². The molecule has 1 aliphatic carbocycles. The number of ether oxygens (including phenoxy) is 2. The van der Waals surface area contributed by atoms with Crippen LogP contribution in [-0.2, 0) is 6.54 Å². The fraction of sp³-hybridized carbons (Fsp3) is 0.472. The van der Waals surface area contributed by atoms with Crippen molar-refractivity contribution >= 4 is 28.1 Å². The highest BCUT2D eigenvalue weighted by Gasteiger charge is 2.51. The fourth-order valence-electron chi connectivity index (χ4n) is 8.59. The summed E-state index contributed by atoms with van der Waals surface area (Å²) >= 11 is 0. The molecular weight excluding hydrogens is 635 g/mol. The highest BCUT2D eigenvalue weighted by molar-refractivity contribution is 5.92. The van der Waals surface area contributed by atoms with Gasteiger partial charge in [-0.25, -0.2) is 23.1 Å². The molecule has 1 aromatic carbocycles. The average molecular weight is 676 g/mol. The fourth-order valence-corrected chi connectivity index (χ4v) is 8.59. The van der Waals surface area contributed by atoms with Crippen LogP contribution in [0, 0.1) is 17.7 Å².